The predicted octanol–water partition coefficient (Wildman–Crippen LogP) is 4.70. The molecule has 2 rings (SSSR count). The molecule has 1 heterocycles. The molecule has 1 amide bonds. The zero-order valence-corrected chi connectivity index (χ0v) is 14.9. The van der Waals surface area contributed by atoms with E-state index in [1.807, 2.05) is 48.5 Å². The molecule has 0 bridgehead atoms. The van der Waals surface area contributed by atoms with Crippen molar-refractivity contribution in [1.29, 1.82) is 0 Å². The minimum atomic E-state index is -0.0418. The van der Waals surface area contributed by atoms with Crippen LogP contribution in [0.2, 0.25) is 0 Å². The summed E-state index contributed by atoms with van der Waals surface area (Å²) < 4.78 is 0. The number of hydrogen-bond acceptors (Lipinski definition) is 3. The first-order valence-electron chi connectivity index (χ1n) is 9.14. The molecule has 0 atom stereocenters. The number of hydrogen-bond donors (Lipinski definition) is 1. The molecule has 0 aliphatic carbocycles. The third-order valence-electron chi connectivity index (χ3n) is 4.00. The first-order valence-corrected chi connectivity index (χ1v) is 9.14. The van der Waals surface area contributed by atoms with Crippen molar-refractivity contribution in [3.05, 3.63) is 66.0 Å². The molecule has 0 saturated heterocycles. The van der Waals surface area contributed by atoms with E-state index in [2.05, 4.69) is 22.4 Å². The highest BCUT2D eigenvalue weighted by atomic mass is 16.2. The number of aromatic nitrogens is 1. The second-order valence-electron chi connectivity index (χ2n) is 6.09. The van der Waals surface area contributed by atoms with E-state index >= 15 is 0 Å². The molecule has 0 aliphatic rings. The van der Waals surface area contributed by atoms with Crippen LogP contribution in [0.3, 0.4) is 0 Å². The molecular formula is C21H27N3O. The van der Waals surface area contributed by atoms with Crippen molar-refractivity contribution in [2.24, 2.45) is 5.10 Å². The van der Waals surface area contributed by atoms with Crippen LogP contribution in [0.1, 0.15) is 63.1 Å². The van der Waals surface area contributed by atoms with Gasteiger partial charge in [0.2, 0.25) is 5.91 Å². The van der Waals surface area contributed by atoms with Crippen molar-refractivity contribution in [1.82, 2.24) is 10.4 Å². The monoisotopic (exact) mass is 337 g/mol. The largest absolute Gasteiger partial charge is 0.273 e. The van der Waals surface area contributed by atoms with Gasteiger partial charge in [0.05, 0.1) is 5.69 Å². The zero-order chi connectivity index (χ0) is 17.7. The van der Waals surface area contributed by atoms with Crippen molar-refractivity contribution in [3.63, 3.8) is 0 Å². The fraction of sp³-hybridized carbons (Fsp3) is 0.381. The first kappa shape index (κ1) is 18.8. The maximum Gasteiger partial charge on any atom is 0.240 e. The highest BCUT2D eigenvalue weighted by molar-refractivity contribution is 6.11. The van der Waals surface area contributed by atoms with Crippen molar-refractivity contribution >= 4 is 11.6 Å². The van der Waals surface area contributed by atoms with Gasteiger partial charge in [0.25, 0.3) is 0 Å². The number of pyridine rings is 1. The van der Waals surface area contributed by atoms with Crippen molar-refractivity contribution in [2.75, 3.05) is 0 Å². The molecule has 0 unspecified atom stereocenters. The second kappa shape index (κ2) is 11.1. The van der Waals surface area contributed by atoms with Crippen LogP contribution in [0.5, 0.6) is 0 Å². The maximum atomic E-state index is 12.1. The lowest BCUT2D eigenvalue weighted by molar-refractivity contribution is -0.121. The average molecular weight is 337 g/mol. The molecule has 1 aromatic carbocycles. The number of nitrogens with zero attached hydrogens (tertiary/aromatic N) is 2. The minimum absolute atomic E-state index is 0.0418. The van der Waals surface area contributed by atoms with Gasteiger partial charge < -0.3 is 0 Å². The standard InChI is InChI=1S/C21H27N3O/c1-2-3-4-5-6-10-16-20(25)23-24-21(18-13-8-7-9-14-18)19-15-11-12-17-22-19/h7-9,11-15,17H,2-6,10,16H2,1H3,(H,23,25)/b24-21-. The highest BCUT2D eigenvalue weighted by Gasteiger charge is 2.09. The van der Waals surface area contributed by atoms with Gasteiger partial charge in [-0.1, -0.05) is 75.4 Å². The fourth-order valence-corrected chi connectivity index (χ4v) is 2.61. The van der Waals surface area contributed by atoms with E-state index in [0.29, 0.717) is 12.1 Å². The molecule has 1 aromatic heterocycles. The predicted molar refractivity (Wildman–Crippen MR) is 102 cm³/mol. The molecule has 0 radical (unpaired) electrons. The molecule has 0 aliphatic heterocycles. The Morgan fingerprint density at radius 3 is 2.40 bits per heavy atom. The summed E-state index contributed by atoms with van der Waals surface area (Å²) in [7, 11) is 0. The number of carbonyl (C=O) groups excluding carboxylic acids is 1. The Balaban J connectivity index is 1.93. The third kappa shape index (κ3) is 6.87. The van der Waals surface area contributed by atoms with Crippen LogP contribution in [0.15, 0.2) is 59.8 Å². The summed E-state index contributed by atoms with van der Waals surface area (Å²) >= 11 is 0. The summed E-state index contributed by atoms with van der Waals surface area (Å²) in [6.07, 6.45) is 9.23. The van der Waals surface area contributed by atoms with E-state index in [-0.39, 0.29) is 5.91 Å². The third-order valence-corrected chi connectivity index (χ3v) is 4.00. The van der Waals surface area contributed by atoms with Crippen LogP contribution >= 0.6 is 0 Å². The van der Waals surface area contributed by atoms with Gasteiger partial charge in [0.15, 0.2) is 0 Å². The van der Waals surface area contributed by atoms with Gasteiger partial charge in [-0.15, -0.1) is 0 Å². The van der Waals surface area contributed by atoms with Crippen LogP contribution < -0.4 is 5.43 Å². The lowest BCUT2D eigenvalue weighted by Crippen LogP contribution is -2.20. The van der Waals surface area contributed by atoms with E-state index in [1.165, 1.54) is 25.7 Å². The van der Waals surface area contributed by atoms with Crippen LogP contribution in [0.25, 0.3) is 0 Å². The lowest BCUT2D eigenvalue weighted by Gasteiger charge is -2.07. The normalized spacial score (nSPS) is 11.3. The average Bonchev–Trinajstić information content (AvgIpc) is 2.66. The Labute approximate surface area is 150 Å². The Kier molecular flexibility index (Phi) is 8.39. The van der Waals surface area contributed by atoms with Gasteiger partial charge in [-0.3, -0.25) is 9.78 Å². The minimum Gasteiger partial charge on any atom is -0.273 e. The Morgan fingerprint density at radius 1 is 0.960 bits per heavy atom. The number of benzene rings is 1. The number of nitrogens with one attached hydrogen (secondary N) is 1. The van der Waals surface area contributed by atoms with E-state index in [1.54, 1.807) is 6.20 Å². The van der Waals surface area contributed by atoms with E-state index in [4.69, 9.17) is 0 Å². The summed E-state index contributed by atoms with van der Waals surface area (Å²) in [5.74, 6) is -0.0418. The van der Waals surface area contributed by atoms with Gasteiger partial charge in [-0.05, 0) is 18.6 Å². The molecule has 25 heavy (non-hydrogen) atoms. The van der Waals surface area contributed by atoms with Gasteiger partial charge in [0, 0.05) is 18.2 Å². The van der Waals surface area contributed by atoms with E-state index in [9.17, 15) is 4.79 Å². The molecule has 4 heteroatoms. The molecular weight excluding hydrogens is 310 g/mol. The molecule has 4 nitrogen and oxygen atoms in total. The van der Waals surface area contributed by atoms with Gasteiger partial charge in [-0.25, -0.2) is 5.43 Å². The number of carbonyl (C=O) groups is 1. The van der Waals surface area contributed by atoms with Crippen LogP contribution in [0, 0.1) is 0 Å². The van der Waals surface area contributed by atoms with Crippen LogP contribution in [-0.4, -0.2) is 16.6 Å². The van der Waals surface area contributed by atoms with Crippen molar-refractivity contribution in [3.8, 4) is 0 Å². The number of rotatable bonds is 10. The summed E-state index contributed by atoms with van der Waals surface area (Å²) in [5, 5.41) is 4.35. The highest BCUT2D eigenvalue weighted by Crippen LogP contribution is 2.09. The zero-order valence-electron chi connectivity index (χ0n) is 14.9. The summed E-state index contributed by atoms with van der Waals surface area (Å²) in [4.78, 5) is 16.4. The van der Waals surface area contributed by atoms with Crippen molar-refractivity contribution < 1.29 is 4.79 Å². The molecule has 0 spiro atoms. The quantitative estimate of drug-likeness (QED) is 0.388. The van der Waals surface area contributed by atoms with Crippen LogP contribution in [0.4, 0.5) is 0 Å². The molecule has 1 N–H and O–H groups in total. The molecule has 2 aromatic rings. The summed E-state index contributed by atoms with van der Waals surface area (Å²) in [5.41, 5.74) is 5.04. The van der Waals surface area contributed by atoms with Crippen LogP contribution in [-0.2, 0) is 4.79 Å². The smallest absolute Gasteiger partial charge is 0.240 e. The fourth-order valence-electron chi connectivity index (χ4n) is 2.61. The lowest BCUT2D eigenvalue weighted by atomic mass is 10.1. The molecule has 0 saturated carbocycles. The van der Waals surface area contributed by atoms with E-state index in [0.717, 1.165) is 24.1 Å². The Hall–Kier alpha value is -2.49. The van der Waals surface area contributed by atoms with Gasteiger partial charge in [0.1, 0.15) is 5.71 Å². The second-order valence-corrected chi connectivity index (χ2v) is 6.09. The molecule has 132 valence electrons. The maximum absolute atomic E-state index is 12.1. The van der Waals surface area contributed by atoms with Crippen molar-refractivity contribution in [2.45, 2.75) is 51.9 Å². The number of amides is 1. The summed E-state index contributed by atoms with van der Waals surface area (Å²) in [6, 6.07) is 15.5. The summed E-state index contributed by atoms with van der Waals surface area (Å²) in [6.45, 7) is 2.21. The number of unbranched alkanes of at least 4 members (excludes halogenated alkanes) is 5. The van der Waals surface area contributed by atoms with E-state index < -0.39 is 0 Å². The SMILES string of the molecule is CCCCCCCCC(=O)N/N=C(/c1ccccc1)c1ccccn1. The molecule has 0 fully saturated rings. The number of hydrazone groups is 1. The Bertz CT molecular complexity index is 612. The Morgan fingerprint density at radius 2 is 1.68 bits per heavy atom. The topological polar surface area (TPSA) is 54.4 Å². The van der Waals surface area contributed by atoms with Gasteiger partial charge in [-0.2, -0.15) is 5.10 Å². The first-order chi connectivity index (χ1) is 12.3. The van der Waals surface area contributed by atoms with Gasteiger partial charge >= 0.3 is 0 Å².